The van der Waals surface area contributed by atoms with Crippen molar-refractivity contribution in [1.82, 2.24) is 19.9 Å². The molecule has 3 aromatic rings. The van der Waals surface area contributed by atoms with Crippen LogP contribution >= 0.6 is 0 Å². The molecule has 4 N–H and O–H groups in total. The maximum atomic E-state index is 13.9. The Morgan fingerprint density at radius 1 is 0.612 bits per heavy atom. The van der Waals surface area contributed by atoms with E-state index < -0.39 is 59.1 Å². The van der Waals surface area contributed by atoms with Gasteiger partial charge in [0.1, 0.15) is 11.4 Å². The van der Waals surface area contributed by atoms with Crippen molar-refractivity contribution in [1.29, 1.82) is 0 Å². The predicted molar refractivity (Wildman–Crippen MR) is 168 cm³/mol. The van der Waals surface area contributed by atoms with Crippen LogP contribution in [0.2, 0.25) is 0 Å². The Labute approximate surface area is 289 Å². The van der Waals surface area contributed by atoms with Crippen molar-refractivity contribution in [2.75, 3.05) is 0 Å². The van der Waals surface area contributed by atoms with E-state index in [1.165, 1.54) is 32.0 Å². The van der Waals surface area contributed by atoms with Gasteiger partial charge in [-0.05, 0) is 52.7 Å². The molecule has 2 aliphatic heterocycles. The molecule has 0 amide bonds. The fourth-order valence-electron chi connectivity index (χ4n) is 6.32. The predicted octanol–water partition coefficient (Wildman–Crippen LogP) is 3.45. The molecular formula is C34H32FeN4O10. The van der Waals surface area contributed by atoms with Gasteiger partial charge in [0.05, 0.1) is 35.1 Å². The fraction of sp³-hybridized carbons (Fsp3) is 0.353. The first-order valence-corrected chi connectivity index (χ1v) is 15.0. The maximum Gasteiger partial charge on any atom is 2.00 e. The monoisotopic (exact) mass is 712 g/mol. The number of carbonyl (C=O) groups is 6. The minimum absolute atomic E-state index is 0. The van der Waals surface area contributed by atoms with Gasteiger partial charge in [-0.1, -0.05) is 34.4 Å². The molecule has 0 spiro atoms. The maximum absolute atomic E-state index is 13.9. The second kappa shape index (κ2) is 13.4. The quantitative estimate of drug-likeness (QED) is 0.220. The number of Topliss-reactive ketones (excluding diaryl/α,β-unsaturated/α-hetero) is 2. The fourth-order valence-corrected chi connectivity index (χ4v) is 6.32. The van der Waals surface area contributed by atoms with E-state index in [1.807, 2.05) is 0 Å². The van der Waals surface area contributed by atoms with Gasteiger partial charge in [-0.25, -0.2) is 9.97 Å². The van der Waals surface area contributed by atoms with Gasteiger partial charge in [-0.15, -0.1) is 22.1 Å². The van der Waals surface area contributed by atoms with Gasteiger partial charge in [0.15, 0.2) is 11.6 Å². The van der Waals surface area contributed by atoms with Crippen LogP contribution in [0, 0.1) is 13.8 Å². The van der Waals surface area contributed by atoms with E-state index in [2.05, 4.69) is 9.97 Å². The summed E-state index contributed by atoms with van der Waals surface area (Å²) >= 11 is 0. The van der Waals surface area contributed by atoms with Crippen LogP contribution in [0.1, 0.15) is 94.1 Å². The Bertz CT molecular complexity index is 2120. The molecule has 14 nitrogen and oxygen atoms in total. The molecule has 0 fully saturated rings. The molecule has 0 saturated heterocycles. The SMILES string of the molecule is Cc1c(CCC(=O)O)c2cc3[n-]c(cc4nc(cc5nc(cc1[n-]2)C(=O)[C@]5(C)CC(=O)O)C(=O)[C@]4(C)CC(=O)O)c(C)c3CCC(=O)O.[Fe+2]. The minimum atomic E-state index is -1.71. The van der Waals surface area contributed by atoms with Crippen molar-refractivity contribution in [2.24, 2.45) is 0 Å². The number of fused-ring (bicyclic) bond motifs is 8. The van der Waals surface area contributed by atoms with E-state index in [4.69, 9.17) is 9.97 Å². The zero-order valence-corrected chi connectivity index (χ0v) is 28.0. The second-order valence-electron chi connectivity index (χ2n) is 12.6. The summed E-state index contributed by atoms with van der Waals surface area (Å²) in [6.07, 6.45) is -1.62. The molecule has 256 valence electrons. The average molecular weight is 712 g/mol. The third kappa shape index (κ3) is 6.76. The number of ketones is 2. The Morgan fingerprint density at radius 2 is 1.00 bits per heavy atom. The van der Waals surface area contributed by atoms with E-state index in [0.717, 1.165) is 0 Å². The Kier molecular flexibility index (Phi) is 10.0. The second-order valence-corrected chi connectivity index (χ2v) is 12.6. The summed E-state index contributed by atoms with van der Waals surface area (Å²) in [5, 5.41) is 38.4. The number of hydrogen-bond donors (Lipinski definition) is 4. The first-order valence-electron chi connectivity index (χ1n) is 15.0. The van der Waals surface area contributed by atoms with Gasteiger partial charge in [0.2, 0.25) is 0 Å². The van der Waals surface area contributed by atoms with Crippen molar-refractivity contribution in [3.05, 3.63) is 69.3 Å². The van der Waals surface area contributed by atoms with Crippen molar-refractivity contribution in [2.45, 2.75) is 77.0 Å². The summed E-state index contributed by atoms with van der Waals surface area (Å²) < 4.78 is 0. The number of aromatic nitrogens is 4. The van der Waals surface area contributed by atoms with E-state index in [0.29, 0.717) is 38.8 Å². The van der Waals surface area contributed by atoms with E-state index >= 15 is 0 Å². The smallest absolute Gasteiger partial charge is 0.657 e. The van der Waals surface area contributed by atoms with Gasteiger partial charge in [-0.2, -0.15) is 0 Å². The van der Waals surface area contributed by atoms with E-state index in [9.17, 15) is 49.2 Å². The number of aliphatic carboxylic acids is 4. The van der Waals surface area contributed by atoms with Crippen LogP contribution in [0.5, 0.6) is 0 Å². The van der Waals surface area contributed by atoms with Crippen molar-refractivity contribution in [3.63, 3.8) is 0 Å². The summed E-state index contributed by atoms with van der Waals surface area (Å²) in [6.45, 7) is 6.22. The molecule has 2 aliphatic rings. The summed E-state index contributed by atoms with van der Waals surface area (Å²) in [7, 11) is 0. The van der Waals surface area contributed by atoms with Crippen molar-refractivity contribution < 1.29 is 66.3 Å². The Hall–Kier alpha value is -5.14. The molecule has 0 saturated carbocycles. The third-order valence-corrected chi connectivity index (χ3v) is 9.14. The molecule has 0 aromatic carbocycles. The van der Waals surface area contributed by atoms with E-state index in [-0.39, 0.29) is 71.0 Å². The standard InChI is InChI=1S/C34H34N4O10.Fe/c1-15-17(5-7-27(39)40)21-10-22-18(6-8-28(41)42)16(2)20(36-22)11-25-33(3,13-29(43)44)32(48)24(38-25)12-26-34(4,14-30(45)46)31(47)23(37-26)9-19(15)35-21;/h9-12H,5-8,13-14H2,1-4H3,(H6,35,36,37,38,39,40,41,42,43,44,45,46,47,48);/q;+2/p-2/t33-,34-;/m1./s1. The largest absolute Gasteiger partial charge is 2.00 e. The molecule has 5 rings (SSSR count). The Morgan fingerprint density at radius 3 is 1.41 bits per heavy atom. The minimum Gasteiger partial charge on any atom is -0.657 e. The molecule has 2 atom stereocenters. The van der Waals surface area contributed by atoms with Crippen LogP contribution in [0.15, 0.2) is 24.3 Å². The number of hydrogen-bond acceptors (Lipinski definition) is 8. The molecule has 15 heteroatoms. The van der Waals surface area contributed by atoms with Crippen LogP contribution in [-0.4, -0.2) is 65.8 Å². The summed E-state index contributed by atoms with van der Waals surface area (Å²) in [6, 6.07) is 5.66. The van der Waals surface area contributed by atoms with Crippen LogP contribution in [0.3, 0.4) is 0 Å². The molecule has 5 heterocycles. The number of carboxylic acid groups (broad SMARTS) is 4. The van der Waals surface area contributed by atoms with Gasteiger partial charge in [-0.3, -0.25) is 28.8 Å². The topological polar surface area (TPSA) is 237 Å². The molecule has 3 aromatic heterocycles. The van der Waals surface area contributed by atoms with Crippen molar-refractivity contribution in [3.8, 4) is 0 Å². The molecule has 0 radical (unpaired) electrons. The number of rotatable bonds is 10. The number of nitrogens with zero attached hydrogens (tertiary/aromatic N) is 4. The normalized spacial score (nSPS) is 18.6. The van der Waals surface area contributed by atoms with Crippen LogP contribution in [0.4, 0.5) is 0 Å². The molecule has 49 heavy (non-hydrogen) atoms. The van der Waals surface area contributed by atoms with Crippen LogP contribution < -0.4 is 9.97 Å². The van der Waals surface area contributed by atoms with E-state index in [1.54, 1.807) is 19.9 Å². The molecule has 8 bridgehead atoms. The van der Waals surface area contributed by atoms with Gasteiger partial charge < -0.3 is 30.4 Å². The summed E-state index contributed by atoms with van der Waals surface area (Å²) in [5.74, 6) is -5.99. The zero-order valence-electron chi connectivity index (χ0n) is 26.9. The van der Waals surface area contributed by atoms with Gasteiger partial charge >= 0.3 is 40.9 Å². The van der Waals surface area contributed by atoms with Gasteiger partial charge in [0, 0.05) is 12.8 Å². The number of carboxylic acids is 4. The average Bonchev–Trinajstić information content (AvgIpc) is 3.58. The summed E-state index contributed by atoms with van der Waals surface area (Å²) in [5.41, 5.74) is -0.243. The first kappa shape index (κ1) is 36.7. The molecule has 0 unspecified atom stereocenters. The van der Waals surface area contributed by atoms with Crippen LogP contribution in [0.25, 0.3) is 22.1 Å². The molecule has 0 aliphatic carbocycles. The zero-order chi connectivity index (χ0) is 35.3. The first-order chi connectivity index (χ1) is 22.4. The summed E-state index contributed by atoms with van der Waals surface area (Å²) in [4.78, 5) is 93.1. The Balaban J connectivity index is 0.00000541. The molecular weight excluding hydrogens is 680 g/mol. The van der Waals surface area contributed by atoms with Crippen molar-refractivity contribution >= 4 is 57.5 Å². The van der Waals surface area contributed by atoms with Gasteiger partial charge in [0.25, 0.3) is 0 Å². The number of carbonyl (C=O) groups excluding carboxylic acids is 2. The third-order valence-electron chi connectivity index (χ3n) is 9.14. The van der Waals surface area contributed by atoms with Crippen LogP contribution in [-0.2, 0) is 59.9 Å². The number of aryl methyl sites for hydroxylation is 4.